The first kappa shape index (κ1) is 24.6. The van der Waals surface area contributed by atoms with Gasteiger partial charge >= 0.3 is 0 Å². The second kappa shape index (κ2) is 10.4. The van der Waals surface area contributed by atoms with E-state index in [0.29, 0.717) is 18.8 Å². The number of hydrogen-bond donors (Lipinski definition) is 4. The molecule has 0 saturated heterocycles. The second-order valence-electron chi connectivity index (χ2n) is 9.49. The van der Waals surface area contributed by atoms with E-state index in [1.807, 2.05) is 30.7 Å². The van der Waals surface area contributed by atoms with Crippen LogP contribution in [0.3, 0.4) is 0 Å². The average molecular weight is 485 g/mol. The summed E-state index contributed by atoms with van der Waals surface area (Å²) in [5.41, 5.74) is 1.95. The third kappa shape index (κ3) is 5.25. The number of aromatic amines is 1. The van der Waals surface area contributed by atoms with E-state index >= 15 is 0 Å². The van der Waals surface area contributed by atoms with Crippen LogP contribution in [0.4, 0.5) is 0 Å². The molecule has 35 heavy (non-hydrogen) atoms. The molecule has 1 aliphatic heterocycles. The Balaban J connectivity index is 1.52. The zero-order valence-corrected chi connectivity index (χ0v) is 20.2. The lowest BCUT2D eigenvalue weighted by atomic mass is 9.79. The van der Waals surface area contributed by atoms with Crippen molar-refractivity contribution in [1.29, 1.82) is 0 Å². The van der Waals surface area contributed by atoms with Crippen molar-refractivity contribution in [2.45, 2.75) is 77.5 Å². The average Bonchev–Trinajstić information content (AvgIpc) is 3.46. The number of carbonyl (C=O) groups excluding carboxylic acids is 4. The fourth-order valence-electron chi connectivity index (χ4n) is 5.09. The maximum atomic E-state index is 13.5. The molecule has 4 rings (SSSR count). The van der Waals surface area contributed by atoms with Crippen LogP contribution >= 0.6 is 0 Å². The molecule has 0 saturated carbocycles. The Hall–Kier alpha value is -3.57. The predicted molar refractivity (Wildman–Crippen MR) is 124 cm³/mol. The SMILES string of the molecule is CC[C@H](C)[C@H](NC(C)=O)C(=O)N[C@H]1CCc2ccn3c2C1C(=O)C[C@H](C(=O)NCc1nn[nH]n1)C3. The van der Waals surface area contributed by atoms with Gasteiger partial charge in [-0.15, -0.1) is 10.2 Å². The van der Waals surface area contributed by atoms with Gasteiger partial charge in [0, 0.05) is 37.8 Å². The van der Waals surface area contributed by atoms with Crippen molar-refractivity contribution in [3.63, 3.8) is 0 Å². The summed E-state index contributed by atoms with van der Waals surface area (Å²) in [4.78, 5) is 51.3. The minimum Gasteiger partial charge on any atom is -0.350 e. The number of aromatic nitrogens is 5. The zero-order valence-electron chi connectivity index (χ0n) is 20.2. The summed E-state index contributed by atoms with van der Waals surface area (Å²) in [6, 6.07) is 0.917. The van der Waals surface area contributed by atoms with Crippen LogP contribution in [0.5, 0.6) is 0 Å². The van der Waals surface area contributed by atoms with Gasteiger partial charge in [0.05, 0.1) is 18.4 Å². The molecule has 0 aromatic carbocycles. The van der Waals surface area contributed by atoms with Crippen LogP contribution in [-0.2, 0) is 38.7 Å². The quantitative estimate of drug-likeness (QED) is 0.409. The summed E-state index contributed by atoms with van der Waals surface area (Å²) in [6.07, 6.45) is 4.04. The highest BCUT2D eigenvalue weighted by atomic mass is 16.2. The number of hydrogen-bond acceptors (Lipinski definition) is 7. The Morgan fingerprint density at radius 3 is 2.80 bits per heavy atom. The number of nitrogens with zero attached hydrogens (tertiary/aromatic N) is 4. The van der Waals surface area contributed by atoms with E-state index in [0.717, 1.165) is 24.1 Å². The summed E-state index contributed by atoms with van der Waals surface area (Å²) < 4.78 is 1.97. The standard InChI is InChI=1S/C23H32N8O4/c1-4-12(2)20(25-13(3)32)23(35)26-16-6-5-14-7-8-31-11-15(9-17(33)19(16)21(14)31)22(34)24-10-18-27-29-30-28-18/h7-8,12,15-16,19-20H,4-6,9-11H2,1-3H3,(H,24,34)(H,25,32)(H,26,35)(H,27,28,29,30)/t12-,15-,16-,19?,20-/m0/s1. The van der Waals surface area contributed by atoms with E-state index in [4.69, 9.17) is 0 Å². The first-order chi connectivity index (χ1) is 16.8. The van der Waals surface area contributed by atoms with Gasteiger partial charge in [-0.1, -0.05) is 25.5 Å². The van der Waals surface area contributed by atoms with Crippen molar-refractivity contribution in [3.8, 4) is 0 Å². The van der Waals surface area contributed by atoms with Gasteiger partial charge in [0.2, 0.25) is 17.7 Å². The first-order valence-corrected chi connectivity index (χ1v) is 12.1. The van der Waals surface area contributed by atoms with E-state index in [1.165, 1.54) is 6.92 Å². The fourth-order valence-corrected chi connectivity index (χ4v) is 5.09. The highest BCUT2D eigenvalue weighted by molar-refractivity contribution is 5.93. The number of H-pyrrole nitrogens is 1. The van der Waals surface area contributed by atoms with Gasteiger partial charge in [-0.05, 0) is 30.4 Å². The van der Waals surface area contributed by atoms with Gasteiger partial charge in [-0.3, -0.25) is 19.2 Å². The van der Waals surface area contributed by atoms with Gasteiger partial charge in [0.25, 0.3) is 0 Å². The molecular formula is C23H32N8O4. The molecule has 2 aromatic rings. The number of tetrazole rings is 1. The molecule has 2 aromatic heterocycles. The largest absolute Gasteiger partial charge is 0.350 e. The van der Waals surface area contributed by atoms with Gasteiger partial charge < -0.3 is 20.5 Å². The molecule has 3 heterocycles. The Morgan fingerprint density at radius 2 is 2.11 bits per heavy atom. The molecule has 0 radical (unpaired) electrons. The van der Waals surface area contributed by atoms with Crippen LogP contribution in [0.25, 0.3) is 0 Å². The smallest absolute Gasteiger partial charge is 0.243 e. The van der Waals surface area contributed by atoms with E-state index in [9.17, 15) is 19.2 Å². The molecule has 2 aliphatic rings. The Bertz CT molecular complexity index is 1100. The van der Waals surface area contributed by atoms with Crippen molar-refractivity contribution >= 4 is 23.5 Å². The molecule has 3 amide bonds. The molecule has 5 atom stereocenters. The zero-order chi connectivity index (χ0) is 25.1. The number of amides is 3. The highest BCUT2D eigenvalue weighted by Crippen LogP contribution is 2.38. The van der Waals surface area contributed by atoms with Gasteiger partial charge in [-0.2, -0.15) is 5.21 Å². The summed E-state index contributed by atoms with van der Waals surface area (Å²) in [5, 5.41) is 22.1. The molecule has 4 N–H and O–H groups in total. The maximum absolute atomic E-state index is 13.5. The van der Waals surface area contributed by atoms with Crippen molar-refractivity contribution in [2.24, 2.45) is 11.8 Å². The number of Topliss-reactive ketones (excluding diaryl/α,β-unsaturated/α-hetero) is 1. The van der Waals surface area contributed by atoms with Crippen molar-refractivity contribution in [1.82, 2.24) is 41.1 Å². The molecular weight excluding hydrogens is 452 g/mol. The van der Waals surface area contributed by atoms with Crippen LogP contribution in [0.1, 0.15) is 63.0 Å². The van der Waals surface area contributed by atoms with Gasteiger partial charge in [0.15, 0.2) is 5.82 Å². The summed E-state index contributed by atoms with van der Waals surface area (Å²) in [6.45, 7) is 5.76. The summed E-state index contributed by atoms with van der Waals surface area (Å²) in [5.74, 6) is -1.68. The summed E-state index contributed by atoms with van der Waals surface area (Å²) in [7, 11) is 0. The van der Waals surface area contributed by atoms with Crippen LogP contribution in [-0.4, -0.2) is 60.8 Å². The highest BCUT2D eigenvalue weighted by Gasteiger charge is 2.42. The van der Waals surface area contributed by atoms with Gasteiger partial charge in [-0.25, -0.2) is 0 Å². The van der Waals surface area contributed by atoms with Crippen LogP contribution in [0.2, 0.25) is 0 Å². The number of rotatable bonds is 8. The number of carbonyl (C=O) groups is 4. The third-order valence-electron chi connectivity index (χ3n) is 7.09. The predicted octanol–water partition coefficient (Wildman–Crippen LogP) is -0.0280. The van der Waals surface area contributed by atoms with Gasteiger partial charge in [0.1, 0.15) is 11.8 Å². The minimum atomic E-state index is -0.671. The molecule has 12 heteroatoms. The Kier molecular flexibility index (Phi) is 7.27. The van der Waals surface area contributed by atoms with Crippen molar-refractivity contribution < 1.29 is 19.2 Å². The van der Waals surface area contributed by atoms with Crippen LogP contribution in [0.15, 0.2) is 12.3 Å². The number of nitrogens with one attached hydrogen (secondary N) is 4. The van der Waals surface area contributed by atoms with Crippen molar-refractivity contribution in [2.75, 3.05) is 0 Å². The summed E-state index contributed by atoms with van der Waals surface area (Å²) >= 11 is 0. The Labute approximate surface area is 203 Å². The lowest BCUT2D eigenvalue weighted by Crippen LogP contribution is -2.54. The third-order valence-corrected chi connectivity index (χ3v) is 7.09. The molecule has 0 spiro atoms. The molecule has 1 aliphatic carbocycles. The van der Waals surface area contributed by atoms with E-state index < -0.39 is 23.9 Å². The molecule has 1 unspecified atom stereocenters. The van der Waals surface area contributed by atoms with E-state index in [-0.39, 0.29) is 42.4 Å². The number of ketones is 1. The first-order valence-electron chi connectivity index (χ1n) is 12.1. The van der Waals surface area contributed by atoms with Crippen LogP contribution in [0, 0.1) is 11.8 Å². The second-order valence-corrected chi connectivity index (χ2v) is 9.49. The van der Waals surface area contributed by atoms with Crippen molar-refractivity contribution in [3.05, 3.63) is 29.3 Å². The fraction of sp³-hybridized carbons (Fsp3) is 0.609. The lowest BCUT2D eigenvalue weighted by Gasteiger charge is -2.34. The molecule has 0 bridgehead atoms. The normalized spacial score (nSPS) is 22.9. The lowest BCUT2D eigenvalue weighted by molar-refractivity contribution is -0.132. The van der Waals surface area contributed by atoms with E-state index in [1.54, 1.807) is 0 Å². The maximum Gasteiger partial charge on any atom is 0.243 e. The minimum absolute atomic E-state index is 0.0565. The monoisotopic (exact) mass is 484 g/mol. The van der Waals surface area contributed by atoms with Crippen LogP contribution < -0.4 is 16.0 Å². The molecule has 0 fully saturated rings. The topological polar surface area (TPSA) is 164 Å². The number of aryl methyl sites for hydroxylation is 1. The molecule has 12 nitrogen and oxygen atoms in total. The molecule has 188 valence electrons. The Morgan fingerprint density at radius 1 is 1.31 bits per heavy atom. The van der Waals surface area contributed by atoms with E-state index in [2.05, 4.69) is 36.6 Å².